The number of carbonyl (C=O) groups excluding carboxylic acids is 1. The van der Waals surface area contributed by atoms with Crippen LogP contribution < -0.4 is 5.69 Å². The van der Waals surface area contributed by atoms with Crippen molar-refractivity contribution in [1.82, 2.24) is 14.8 Å². The molecule has 72 valence electrons. The fourth-order valence-electron chi connectivity index (χ4n) is 0.863. The van der Waals surface area contributed by atoms with Gasteiger partial charge in [0.25, 0.3) is 0 Å². The van der Waals surface area contributed by atoms with Gasteiger partial charge in [0.2, 0.25) is 5.82 Å². The van der Waals surface area contributed by atoms with Gasteiger partial charge in [-0.3, -0.25) is 4.98 Å². The van der Waals surface area contributed by atoms with E-state index in [9.17, 15) is 9.59 Å². The van der Waals surface area contributed by atoms with Crippen LogP contribution in [-0.4, -0.2) is 27.3 Å². The van der Waals surface area contributed by atoms with Crippen LogP contribution in [0.2, 0.25) is 0 Å². The summed E-state index contributed by atoms with van der Waals surface area (Å²) in [4.78, 5) is 24.4. The summed E-state index contributed by atoms with van der Waals surface area (Å²) in [7, 11) is 0. The summed E-state index contributed by atoms with van der Waals surface area (Å²) >= 11 is 0. The second kappa shape index (κ2) is 3.88. The molecule has 1 aromatic rings. The van der Waals surface area contributed by atoms with Crippen molar-refractivity contribution in [2.75, 3.05) is 6.61 Å². The van der Waals surface area contributed by atoms with Gasteiger partial charge in [0, 0.05) is 6.54 Å². The zero-order chi connectivity index (χ0) is 9.84. The predicted octanol–water partition coefficient (Wildman–Crippen LogP) is -0.232. The Morgan fingerprint density at radius 2 is 2.31 bits per heavy atom. The Hall–Kier alpha value is -1.59. The summed E-state index contributed by atoms with van der Waals surface area (Å²) in [6.45, 7) is 4.14. The van der Waals surface area contributed by atoms with Crippen molar-refractivity contribution in [3.05, 3.63) is 16.3 Å². The Morgan fingerprint density at radius 3 is 2.77 bits per heavy atom. The van der Waals surface area contributed by atoms with E-state index in [1.165, 1.54) is 0 Å². The van der Waals surface area contributed by atoms with Crippen molar-refractivity contribution in [2.24, 2.45) is 0 Å². The van der Waals surface area contributed by atoms with Crippen molar-refractivity contribution in [1.29, 1.82) is 0 Å². The molecule has 0 fully saturated rings. The van der Waals surface area contributed by atoms with Crippen LogP contribution in [0, 0.1) is 0 Å². The van der Waals surface area contributed by atoms with Crippen LogP contribution >= 0.6 is 0 Å². The molecular weight excluding hydrogens is 174 g/mol. The number of aromatic amines is 1. The van der Waals surface area contributed by atoms with Crippen molar-refractivity contribution in [3.8, 4) is 0 Å². The number of ether oxygens (including phenoxy) is 1. The third-order valence-electron chi connectivity index (χ3n) is 1.45. The molecule has 0 unspecified atom stereocenters. The summed E-state index contributed by atoms with van der Waals surface area (Å²) < 4.78 is 5.81. The Labute approximate surface area is 74.5 Å². The number of hydrogen-bond donors (Lipinski definition) is 1. The first-order valence-corrected chi connectivity index (χ1v) is 4.03. The molecule has 6 nitrogen and oxygen atoms in total. The summed E-state index contributed by atoms with van der Waals surface area (Å²) in [5, 5.41) is 3.72. The van der Waals surface area contributed by atoms with Gasteiger partial charge < -0.3 is 4.74 Å². The molecule has 1 heterocycles. The quantitative estimate of drug-likeness (QED) is 0.660. The number of carbonyl (C=O) groups is 1. The number of aryl methyl sites for hydroxylation is 1. The standard InChI is InChI=1S/C7H11N3O3/c1-3-10-7(12)8-5(9-10)6(11)13-4-2/h3-4H2,1-2H3,(H,8,9,12). The molecule has 1 aromatic heterocycles. The number of aromatic nitrogens is 3. The fourth-order valence-corrected chi connectivity index (χ4v) is 0.863. The molecule has 1 rings (SSSR count). The molecule has 6 heteroatoms. The second-order valence-electron chi connectivity index (χ2n) is 2.31. The monoisotopic (exact) mass is 185 g/mol. The molecule has 0 aliphatic carbocycles. The van der Waals surface area contributed by atoms with Crippen LogP contribution in [-0.2, 0) is 11.3 Å². The highest BCUT2D eigenvalue weighted by Gasteiger charge is 2.12. The van der Waals surface area contributed by atoms with E-state index in [1.807, 2.05) is 0 Å². The lowest BCUT2D eigenvalue weighted by Crippen LogP contribution is -2.16. The molecule has 0 amide bonds. The molecule has 0 atom stereocenters. The number of nitrogens with zero attached hydrogens (tertiary/aromatic N) is 2. The topological polar surface area (TPSA) is 77.0 Å². The van der Waals surface area contributed by atoms with Gasteiger partial charge >= 0.3 is 11.7 Å². The van der Waals surface area contributed by atoms with Gasteiger partial charge in [-0.25, -0.2) is 14.3 Å². The van der Waals surface area contributed by atoms with Crippen LogP contribution in [0.15, 0.2) is 4.79 Å². The molecule has 0 aliphatic heterocycles. The first-order chi connectivity index (χ1) is 6.19. The van der Waals surface area contributed by atoms with Gasteiger partial charge in [0.1, 0.15) is 0 Å². The van der Waals surface area contributed by atoms with E-state index in [0.717, 1.165) is 4.68 Å². The SMILES string of the molecule is CCOC(=O)c1nn(CC)c(=O)[nH]1. The molecule has 1 N–H and O–H groups in total. The lowest BCUT2D eigenvalue weighted by Gasteiger charge is -1.95. The normalized spacial score (nSPS) is 10.0. The first kappa shape index (κ1) is 9.50. The van der Waals surface area contributed by atoms with Crippen molar-refractivity contribution < 1.29 is 9.53 Å². The lowest BCUT2D eigenvalue weighted by molar-refractivity contribution is 0.0511. The average Bonchev–Trinajstić information content (AvgIpc) is 2.47. The van der Waals surface area contributed by atoms with E-state index in [2.05, 4.69) is 14.8 Å². The maximum atomic E-state index is 11.1. The van der Waals surface area contributed by atoms with E-state index in [-0.39, 0.29) is 12.4 Å². The largest absolute Gasteiger partial charge is 0.460 e. The van der Waals surface area contributed by atoms with Crippen molar-refractivity contribution in [2.45, 2.75) is 20.4 Å². The minimum atomic E-state index is -0.605. The van der Waals surface area contributed by atoms with E-state index < -0.39 is 11.7 Å². The van der Waals surface area contributed by atoms with Crippen LogP contribution in [0.25, 0.3) is 0 Å². The Morgan fingerprint density at radius 1 is 1.62 bits per heavy atom. The minimum Gasteiger partial charge on any atom is -0.460 e. The second-order valence-corrected chi connectivity index (χ2v) is 2.31. The molecular formula is C7H11N3O3. The fraction of sp³-hybridized carbons (Fsp3) is 0.571. The zero-order valence-electron chi connectivity index (χ0n) is 7.53. The van der Waals surface area contributed by atoms with E-state index in [4.69, 9.17) is 0 Å². The predicted molar refractivity (Wildman–Crippen MR) is 44.5 cm³/mol. The molecule has 0 aromatic carbocycles. The molecule has 0 saturated heterocycles. The minimum absolute atomic E-state index is 0.0475. The van der Waals surface area contributed by atoms with Gasteiger partial charge in [-0.15, -0.1) is 5.10 Å². The third-order valence-corrected chi connectivity index (χ3v) is 1.45. The summed E-state index contributed by atoms with van der Waals surface area (Å²) in [6, 6.07) is 0. The Bertz CT molecular complexity index is 352. The van der Waals surface area contributed by atoms with Gasteiger partial charge in [-0.2, -0.15) is 0 Å². The van der Waals surface area contributed by atoms with Crippen LogP contribution in [0.5, 0.6) is 0 Å². The highest BCUT2D eigenvalue weighted by atomic mass is 16.5. The lowest BCUT2D eigenvalue weighted by atomic mass is 10.6. The number of rotatable bonds is 3. The van der Waals surface area contributed by atoms with Crippen LogP contribution in [0.1, 0.15) is 24.5 Å². The van der Waals surface area contributed by atoms with E-state index >= 15 is 0 Å². The summed E-state index contributed by atoms with van der Waals surface area (Å²) in [5.74, 6) is -0.652. The Balaban J connectivity index is 2.90. The maximum absolute atomic E-state index is 11.1. The van der Waals surface area contributed by atoms with Gasteiger partial charge in [0.15, 0.2) is 0 Å². The van der Waals surface area contributed by atoms with E-state index in [0.29, 0.717) is 6.54 Å². The molecule has 0 bridgehead atoms. The van der Waals surface area contributed by atoms with Crippen molar-refractivity contribution in [3.63, 3.8) is 0 Å². The van der Waals surface area contributed by atoms with Gasteiger partial charge in [0.05, 0.1) is 6.61 Å². The maximum Gasteiger partial charge on any atom is 0.376 e. The first-order valence-electron chi connectivity index (χ1n) is 4.03. The molecule has 0 radical (unpaired) electrons. The molecule has 0 saturated carbocycles. The molecule has 13 heavy (non-hydrogen) atoms. The number of H-pyrrole nitrogens is 1. The summed E-state index contributed by atoms with van der Waals surface area (Å²) in [6.07, 6.45) is 0. The molecule has 0 spiro atoms. The van der Waals surface area contributed by atoms with Gasteiger partial charge in [-0.1, -0.05) is 0 Å². The highest BCUT2D eigenvalue weighted by Crippen LogP contribution is 1.89. The highest BCUT2D eigenvalue weighted by molar-refractivity contribution is 5.84. The number of esters is 1. The van der Waals surface area contributed by atoms with E-state index in [1.54, 1.807) is 13.8 Å². The van der Waals surface area contributed by atoms with Gasteiger partial charge in [-0.05, 0) is 13.8 Å². The summed E-state index contributed by atoms with van der Waals surface area (Å²) in [5.41, 5.74) is -0.398. The smallest absolute Gasteiger partial charge is 0.376 e. The third kappa shape index (κ3) is 1.95. The number of hydrogen-bond acceptors (Lipinski definition) is 4. The Kier molecular flexibility index (Phi) is 2.84. The average molecular weight is 185 g/mol. The zero-order valence-corrected chi connectivity index (χ0v) is 7.53. The van der Waals surface area contributed by atoms with Crippen LogP contribution in [0.4, 0.5) is 0 Å². The van der Waals surface area contributed by atoms with Crippen LogP contribution in [0.3, 0.4) is 0 Å². The van der Waals surface area contributed by atoms with Crippen molar-refractivity contribution >= 4 is 5.97 Å². The number of nitrogens with one attached hydrogen (secondary N) is 1. The molecule has 0 aliphatic rings.